The Morgan fingerprint density at radius 3 is 1.36 bits per heavy atom. The highest BCUT2D eigenvalue weighted by Crippen LogP contribution is 1.83. The Hall–Kier alpha value is -0.810. The number of rotatable bonds is 2. The van der Waals surface area contributed by atoms with E-state index in [9.17, 15) is 4.79 Å². The maximum atomic E-state index is 10.7. The summed E-state index contributed by atoms with van der Waals surface area (Å²) in [6.07, 6.45) is 0. The SMILES string of the molecule is CN(C)C(=O)N(C)C.CNCN(C)C. The van der Waals surface area contributed by atoms with Crippen molar-refractivity contribution >= 4 is 6.03 Å². The molecule has 2 amide bonds. The maximum Gasteiger partial charge on any atom is 0.318 e. The molecule has 0 radical (unpaired) electrons. The highest BCUT2D eigenvalue weighted by Gasteiger charge is 2.02. The largest absolute Gasteiger partial charge is 0.331 e. The lowest BCUT2D eigenvalue weighted by Gasteiger charge is -2.16. The van der Waals surface area contributed by atoms with Gasteiger partial charge in [-0.05, 0) is 21.1 Å². The molecule has 0 unspecified atom stereocenters. The molecule has 0 rings (SSSR count). The lowest BCUT2D eigenvalue weighted by atomic mass is 10.7. The quantitative estimate of drug-likeness (QED) is 0.641. The Labute approximate surface area is 87.7 Å². The molecule has 0 atom stereocenters. The fourth-order valence-corrected chi connectivity index (χ4v) is 0.716. The van der Waals surface area contributed by atoms with Crippen molar-refractivity contribution in [2.45, 2.75) is 0 Å². The second kappa shape index (κ2) is 8.77. The first-order valence-corrected chi connectivity index (χ1v) is 4.50. The minimum absolute atomic E-state index is 0.0185. The Morgan fingerprint density at radius 1 is 1.00 bits per heavy atom. The van der Waals surface area contributed by atoms with Gasteiger partial charge >= 0.3 is 6.03 Å². The highest BCUT2D eigenvalue weighted by molar-refractivity contribution is 5.72. The molecule has 0 aliphatic heterocycles. The van der Waals surface area contributed by atoms with Crippen LogP contribution in [-0.4, -0.2) is 76.7 Å². The van der Waals surface area contributed by atoms with Gasteiger partial charge in [0.15, 0.2) is 0 Å². The first-order chi connectivity index (χ1) is 6.32. The second-order valence-corrected chi connectivity index (χ2v) is 3.66. The molecule has 86 valence electrons. The van der Waals surface area contributed by atoms with E-state index in [0.29, 0.717) is 0 Å². The molecule has 5 heteroatoms. The van der Waals surface area contributed by atoms with Crippen molar-refractivity contribution in [3.63, 3.8) is 0 Å². The number of nitrogens with zero attached hydrogens (tertiary/aromatic N) is 3. The molecular formula is C9H24N4O. The van der Waals surface area contributed by atoms with Crippen LogP contribution in [0.3, 0.4) is 0 Å². The number of carbonyl (C=O) groups excluding carboxylic acids is 1. The average molecular weight is 204 g/mol. The summed E-state index contributed by atoms with van der Waals surface area (Å²) >= 11 is 0. The van der Waals surface area contributed by atoms with Crippen molar-refractivity contribution < 1.29 is 4.79 Å². The summed E-state index contributed by atoms with van der Waals surface area (Å²) in [5.74, 6) is 0. The fourth-order valence-electron chi connectivity index (χ4n) is 0.716. The smallest absolute Gasteiger partial charge is 0.318 e. The molecule has 1 N–H and O–H groups in total. The van der Waals surface area contributed by atoms with E-state index in [1.807, 2.05) is 21.1 Å². The summed E-state index contributed by atoms with van der Waals surface area (Å²) in [7, 11) is 12.9. The van der Waals surface area contributed by atoms with Crippen LogP contribution < -0.4 is 5.32 Å². The second-order valence-electron chi connectivity index (χ2n) is 3.66. The van der Waals surface area contributed by atoms with Crippen LogP contribution in [0.15, 0.2) is 0 Å². The zero-order valence-corrected chi connectivity index (χ0v) is 10.5. The van der Waals surface area contributed by atoms with Gasteiger partial charge in [-0.2, -0.15) is 0 Å². The first-order valence-electron chi connectivity index (χ1n) is 4.50. The van der Waals surface area contributed by atoms with Crippen molar-refractivity contribution in [3.05, 3.63) is 0 Å². The minimum Gasteiger partial charge on any atom is -0.331 e. The third-order valence-electron chi connectivity index (χ3n) is 1.24. The van der Waals surface area contributed by atoms with Crippen LogP contribution in [0.5, 0.6) is 0 Å². The van der Waals surface area contributed by atoms with E-state index >= 15 is 0 Å². The van der Waals surface area contributed by atoms with Crippen LogP contribution in [0.4, 0.5) is 4.79 Å². The minimum atomic E-state index is 0.0185. The molecule has 0 spiro atoms. The van der Waals surface area contributed by atoms with Crippen molar-refractivity contribution in [1.29, 1.82) is 0 Å². The molecule has 0 saturated heterocycles. The topological polar surface area (TPSA) is 38.8 Å². The molecule has 0 aromatic carbocycles. The summed E-state index contributed by atoms with van der Waals surface area (Å²) in [5.41, 5.74) is 0. The molecule has 0 heterocycles. The first kappa shape index (κ1) is 15.7. The van der Waals surface area contributed by atoms with E-state index in [0.717, 1.165) is 6.67 Å². The van der Waals surface area contributed by atoms with E-state index in [1.54, 1.807) is 28.2 Å². The van der Waals surface area contributed by atoms with Crippen molar-refractivity contribution in [2.24, 2.45) is 0 Å². The molecule has 0 saturated carbocycles. The van der Waals surface area contributed by atoms with Gasteiger partial charge in [0.05, 0.1) is 0 Å². The van der Waals surface area contributed by atoms with Gasteiger partial charge in [0.25, 0.3) is 0 Å². The van der Waals surface area contributed by atoms with Gasteiger partial charge in [0, 0.05) is 34.9 Å². The van der Waals surface area contributed by atoms with Crippen LogP contribution in [0.2, 0.25) is 0 Å². The lowest BCUT2D eigenvalue weighted by Crippen LogP contribution is -2.33. The molecule has 0 aromatic rings. The summed E-state index contributed by atoms with van der Waals surface area (Å²) in [6.45, 7) is 0.958. The number of carbonyl (C=O) groups is 1. The van der Waals surface area contributed by atoms with Crippen LogP contribution >= 0.6 is 0 Å². The van der Waals surface area contributed by atoms with Gasteiger partial charge in [0.1, 0.15) is 0 Å². The molecule has 0 aliphatic carbocycles. The van der Waals surface area contributed by atoms with Gasteiger partial charge in [-0.1, -0.05) is 0 Å². The molecular weight excluding hydrogens is 180 g/mol. The molecule has 0 fully saturated rings. The standard InChI is InChI=1S/C5H12N2O.C4H12N2/c1-6(2)5(8)7(3)4;1-5-4-6(2)3/h1-4H3;5H,4H2,1-3H3. The number of nitrogens with one attached hydrogen (secondary N) is 1. The molecule has 0 bridgehead atoms. The average Bonchev–Trinajstić information content (AvgIpc) is 2.03. The van der Waals surface area contributed by atoms with Gasteiger partial charge < -0.3 is 15.1 Å². The third kappa shape index (κ3) is 11.2. The van der Waals surface area contributed by atoms with Gasteiger partial charge in [-0.25, -0.2) is 4.79 Å². The normalized spacial score (nSPS) is 9.14. The summed E-state index contributed by atoms with van der Waals surface area (Å²) < 4.78 is 0. The van der Waals surface area contributed by atoms with Crippen molar-refractivity contribution in [1.82, 2.24) is 20.0 Å². The zero-order valence-electron chi connectivity index (χ0n) is 10.5. The molecule has 14 heavy (non-hydrogen) atoms. The molecule has 0 aliphatic rings. The monoisotopic (exact) mass is 204 g/mol. The third-order valence-corrected chi connectivity index (χ3v) is 1.24. The van der Waals surface area contributed by atoms with Crippen LogP contribution in [0.25, 0.3) is 0 Å². The predicted octanol–water partition coefficient (Wildman–Crippen LogP) is -0.0455. The van der Waals surface area contributed by atoms with Crippen LogP contribution in [-0.2, 0) is 0 Å². The number of hydrogen-bond acceptors (Lipinski definition) is 3. The Bertz CT molecular complexity index is 136. The zero-order chi connectivity index (χ0) is 11.7. The van der Waals surface area contributed by atoms with E-state index in [4.69, 9.17) is 0 Å². The van der Waals surface area contributed by atoms with Crippen LogP contribution in [0.1, 0.15) is 0 Å². The van der Waals surface area contributed by atoms with Crippen molar-refractivity contribution in [2.75, 3.05) is 56.0 Å². The molecule has 5 nitrogen and oxygen atoms in total. The number of urea groups is 1. The Morgan fingerprint density at radius 2 is 1.36 bits per heavy atom. The fraction of sp³-hybridized carbons (Fsp3) is 0.889. The van der Waals surface area contributed by atoms with Crippen LogP contribution in [0, 0.1) is 0 Å². The lowest BCUT2D eigenvalue weighted by molar-refractivity contribution is 0.191. The van der Waals surface area contributed by atoms with Crippen molar-refractivity contribution in [3.8, 4) is 0 Å². The summed E-state index contributed by atoms with van der Waals surface area (Å²) in [6, 6.07) is 0.0185. The van der Waals surface area contributed by atoms with E-state index < -0.39 is 0 Å². The van der Waals surface area contributed by atoms with Gasteiger partial charge in [-0.3, -0.25) is 4.90 Å². The molecule has 0 aromatic heterocycles. The van der Waals surface area contributed by atoms with E-state index in [-0.39, 0.29) is 6.03 Å². The number of hydrogen-bond donors (Lipinski definition) is 1. The van der Waals surface area contributed by atoms with E-state index in [2.05, 4.69) is 10.2 Å². The summed E-state index contributed by atoms with van der Waals surface area (Å²) in [5, 5.41) is 2.99. The summed E-state index contributed by atoms with van der Waals surface area (Å²) in [4.78, 5) is 15.8. The Kier molecular flexibility index (Phi) is 9.81. The van der Waals surface area contributed by atoms with Gasteiger partial charge in [0.2, 0.25) is 0 Å². The van der Waals surface area contributed by atoms with E-state index in [1.165, 1.54) is 9.80 Å². The maximum absolute atomic E-state index is 10.7. The number of amides is 2. The highest BCUT2D eigenvalue weighted by atomic mass is 16.2. The predicted molar refractivity (Wildman–Crippen MR) is 60.4 cm³/mol. The Balaban J connectivity index is 0. The van der Waals surface area contributed by atoms with Gasteiger partial charge in [-0.15, -0.1) is 0 Å².